The fourth-order valence-corrected chi connectivity index (χ4v) is 2.86. The van der Waals surface area contributed by atoms with Crippen molar-refractivity contribution in [1.29, 1.82) is 0 Å². The Balaban J connectivity index is 1.67. The second-order valence-electron chi connectivity index (χ2n) is 5.96. The maximum absolute atomic E-state index is 12.6. The Hall–Kier alpha value is -3.17. The lowest BCUT2D eigenvalue weighted by Gasteiger charge is -2.35. The molecule has 1 aromatic heterocycles. The summed E-state index contributed by atoms with van der Waals surface area (Å²) in [4.78, 5) is 30.2. The molecule has 0 aliphatic carbocycles. The van der Waals surface area contributed by atoms with Gasteiger partial charge in [0.15, 0.2) is 0 Å². The summed E-state index contributed by atoms with van der Waals surface area (Å²) in [6.45, 7) is 1.30. The van der Waals surface area contributed by atoms with Gasteiger partial charge in [0.1, 0.15) is 11.4 Å². The summed E-state index contributed by atoms with van der Waals surface area (Å²) in [5, 5.41) is 11.1. The number of nitro benzene ring substituents is 1. The third kappa shape index (κ3) is 3.99. The van der Waals surface area contributed by atoms with Gasteiger partial charge in [-0.3, -0.25) is 14.9 Å². The zero-order chi connectivity index (χ0) is 19.6. The average molecular weight is 380 g/mol. The number of pyridine rings is 1. The number of carbonyl (C=O) groups is 1. The summed E-state index contributed by atoms with van der Waals surface area (Å²) >= 11 is 0. The van der Waals surface area contributed by atoms with Crippen molar-refractivity contribution in [2.75, 3.05) is 31.1 Å². The number of benzene rings is 1. The minimum absolute atomic E-state index is 0.0172. The minimum atomic E-state index is -4.44. The van der Waals surface area contributed by atoms with E-state index in [4.69, 9.17) is 0 Å². The Morgan fingerprint density at radius 2 is 1.74 bits per heavy atom. The highest BCUT2D eigenvalue weighted by Gasteiger charge is 2.31. The van der Waals surface area contributed by atoms with Gasteiger partial charge in [-0.15, -0.1) is 0 Å². The fourth-order valence-electron chi connectivity index (χ4n) is 2.86. The molecule has 1 aliphatic heterocycles. The number of nitro groups is 1. The van der Waals surface area contributed by atoms with E-state index in [1.165, 1.54) is 29.2 Å². The van der Waals surface area contributed by atoms with Gasteiger partial charge >= 0.3 is 6.18 Å². The van der Waals surface area contributed by atoms with Crippen LogP contribution >= 0.6 is 0 Å². The number of halogens is 3. The fraction of sp³-hybridized carbons (Fsp3) is 0.294. The van der Waals surface area contributed by atoms with Gasteiger partial charge in [-0.25, -0.2) is 4.98 Å². The number of alkyl halides is 3. The van der Waals surface area contributed by atoms with Gasteiger partial charge in [-0.05, 0) is 18.2 Å². The summed E-state index contributed by atoms with van der Waals surface area (Å²) in [5.41, 5.74) is -1.06. The molecule has 0 N–H and O–H groups in total. The van der Waals surface area contributed by atoms with Crippen molar-refractivity contribution in [2.45, 2.75) is 6.18 Å². The van der Waals surface area contributed by atoms with Crippen LogP contribution in [0.5, 0.6) is 0 Å². The molecule has 142 valence electrons. The van der Waals surface area contributed by atoms with E-state index in [1.54, 1.807) is 11.0 Å². The SMILES string of the molecule is O=C(c1ccccc1[N+](=O)[O-])N1CCN(c2ccc(C(F)(F)F)cn2)CC1. The maximum Gasteiger partial charge on any atom is 0.417 e. The predicted molar refractivity (Wildman–Crippen MR) is 90.5 cm³/mol. The van der Waals surface area contributed by atoms with E-state index in [2.05, 4.69) is 4.98 Å². The van der Waals surface area contributed by atoms with Gasteiger partial charge in [0.05, 0.1) is 10.5 Å². The molecule has 0 saturated carbocycles. The molecule has 1 fully saturated rings. The summed E-state index contributed by atoms with van der Waals surface area (Å²) in [7, 11) is 0. The molecule has 1 amide bonds. The molecule has 1 saturated heterocycles. The minimum Gasteiger partial charge on any atom is -0.353 e. The summed E-state index contributed by atoms with van der Waals surface area (Å²) < 4.78 is 37.8. The number of hydrogen-bond acceptors (Lipinski definition) is 5. The Morgan fingerprint density at radius 1 is 1.07 bits per heavy atom. The molecule has 0 bridgehead atoms. The van der Waals surface area contributed by atoms with E-state index >= 15 is 0 Å². The molecule has 7 nitrogen and oxygen atoms in total. The average Bonchev–Trinajstić information content (AvgIpc) is 2.67. The van der Waals surface area contributed by atoms with E-state index in [0.717, 1.165) is 12.3 Å². The van der Waals surface area contributed by atoms with Gasteiger partial charge in [0.2, 0.25) is 0 Å². The number of piperazine rings is 1. The summed E-state index contributed by atoms with van der Waals surface area (Å²) in [6.07, 6.45) is -3.67. The molecular formula is C17H15F3N4O3. The molecule has 0 radical (unpaired) electrons. The zero-order valence-electron chi connectivity index (χ0n) is 14.0. The third-order valence-corrected chi connectivity index (χ3v) is 4.30. The standard InChI is InChI=1S/C17H15F3N4O3/c18-17(19,20)12-5-6-15(21-11-12)22-7-9-23(10-8-22)16(25)13-3-1-2-4-14(13)24(26)27/h1-6,11H,7-10H2. The van der Waals surface area contributed by atoms with Gasteiger partial charge in [0, 0.05) is 38.4 Å². The molecule has 10 heteroatoms. The van der Waals surface area contributed by atoms with Crippen LogP contribution in [0.3, 0.4) is 0 Å². The molecular weight excluding hydrogens is 365 g/mol. The first-order valence-corrected chi connectivity index (χ1v) is 8.08. The van der Waals surface area contributed by atoms with Crippen LogP contribution in [0.2, 0.25) is 0 Å². The second kappa shape index (κ2) is 7.22. The van der Waals surface area contributed by atoms with Crippen molar-refractivity contribution in [3.05, 3.63) is 63.8 Å². The first-order chi connectivity index (χ1) is 12.8. The number of hydrogen-bond donors (Lipinski definition) is 0. The lowest BCUT2D eigenvalue weighted by Crippen LogP contribution is -2.49. The smallest absolute Gasteiger partial charge is 0.353 e. The number of nitrogens with zero attached hydrogens (tertiary/aromatic N) is 4. The molecule has 1 aromatic carbocycles. The number of anilines is 1. The summed E-state index contributed by atoms with van der Waals surface area (Å²) in [5.74, 6) is -0.0527. The van der Waals surface area contributed by atoms with E-state index in [1.807, 2.05) is 0 Å². The highest BCUT2D eigenvalue weighted by molar-refractivity contribution is 5.98. The van der Waals surface area contributed by atoms with Crippen LogP contribution in [-0.4, -0.2) is 46.9 Å². The van der Waals surface area contributed by atoms with Crippen LogP contribution in [0.1, 0.15) is 15.9 Å². The Morgan fingerprint density at radius 3 is 2.30 bits per heavy atom. The van der Waals surface area contributed by atoms with Crippen LogP contribution in [0.15, 0.2) is 42.6 Å². The second-order valence-corrected chi connectivity index (χ2v) is 5.96. The van der Waals surface area contributed by atoms with Gasteiger partial charge in [0.25, 0.3) is 11.6 Å². The molecule has 2 aromatic rings. The predicted octanol–water partition coefficient (Wildman–Crippen LogP) is 2.97. The highest BCUT2D eigenvalue weighted by Crippen LogP contribution is 2.29. The lowest BCUT2D eigenvalue weighted by molar-refractivity contribution is -0.385. The van der Waals surface area contributed by atoms with Crippen molar-refractivity contribution in [3.8, 4) is 0 Å². The summed E-state index contributed by atoms with van der Waals surface area (Å²) in [6, 6.07) is 7.99. The largest absolute Gasteiger partial charge is 0.417 e. The van der Waals surface area contributed by atoms with Crippen molar-refractivity contribution >= 4 is 17.4 Å². The normalized spacial score (nSPS) is 14.9. The van der Waals surface area contributed by atoms with Gasteiger partial charge in [-0.1, -0.05) is 12.1 Å². The Bertz CT molecular complexity index is 847. The maximum atomic E-state index is 12.6. The molecule has 27 heavy (non-hydrogen) atoms. The number of amides is 1. The van der Waals surface area contributed by atoms with Crippen LogP contribution in [0.25, 0.3) is 0 Å². The van der Waals surface area contributed by atoms with Gasteiger partial charge < -0.3 is 9.80 Å². The van der Waals surface area contributed by atoms with Crippen LogP contribution in [-0.2, 0) is 6.18 Å². The molecule has 2 heterocycles. The number of rotatable bonds is 3. The van der Waals surface area contributed by atoms with Crippen molar-refractivity contribution in [3.63, 3.8) is 0 Å². The molecule has 0 unspecified atom stereocenters. The van der Waals surface area contributed by atoms with Crippen molar-refractivity contribution in [1.82, 2.24) is 9.88 Å². The Labute approximate surface area is 152 Å². The van der Waals surface area contributed by atoms with E-state index in [0.29, 0.717) is 18.9 Å². The van der Waals surface area contributed by atoms with E-state index < -0.39 is 22.6 Å². The molecule has 0 atom stereocenters. The van der Waals surface area contributed by atoms with E-state index in [9.17, 15) is 28.1 Å². The lowest BCUT2D eigenvalue weighted by atomic mass is 10.1. The quantitative estimate of drug-likeness (QED) is 0.604. The van der Waals surface area contributed by atoms with Crippen LogP contribution in [0, 0.1) is 10.1 Å². The van der Waals surface area contributed by atoms with Crippen molar-refractivity contribution in [2.24, 2.45) is 0 Å². The molecule has 0 spiro atoms. The third-order valence-electron chi connectivity index (χ3n) is 4.30. The monoisotopic (exact) mass is 380 g/mol. The number of carbonyl (C=O) groups excluding carboxylic acids is 1. The molecule has 3 rings (SSSR count). The first kappa shape index (κ1) is 18.6. The number of para-hydroxylation sites is 1. The molecule has 1 aliphatic rings. The van der Waals surface area contributed by atoms with Crippen molar-refractivity contribution < 1.29 is 22.9 Å². The van der Waals surface area contributed by atoms with Crippen LogP contribution < -0.4 is 4.90 Å². The van der Waals surface area contributed by atoms with Crippen LogP contribution in [0.4, 0.5) is 24.7 Å². The first-order valence-electron chi connectivity index (χ1n) is 8.08. The van der Waals surface area contributed by atoms with E-state index in [-0.39, 0.29) is 24.3 Å². The number of aromatic nitrogens is 1. The Kier molecular flexibility index (Phi) is 4.98. The zero-order valence-corrected chi connectivity index (χ0v) is 14.0. The highest BCUT2D eigenvalue weighted by atomic mass is 19.4. The topological polar surface area (TPSA) is 79.6 Å². The van der Waals surface area contributed by atoms with Gasteiger partial charge in [-0.2, -0.15) is 13.2 Å².